The number of hydrogen-bond donors (Lipinski definition) is 2. The fraction of sp³-hybridized carbons (Fsp3) is 0.333. The second-order valence-electron chi connectivity index (χ2n) is 8.53. The first-order valence-corrected chi connectivity index (χ1v) is 11.1. The van der Waals surface area contributed by atoms with E-state index in [2.05, 4.69) is 12.2 Å². The van der Waals surface area contributed by atoms with Crippen molar-refractivity contribution in [2.75, 3.05) is 0 Å². The SMILES string of the molecule is CCc1cc(-c2cccc(-c3ccccc3O)c2F)cc(F)c1CN[C@@H]1CCC[C@@H]1C. The molecule has 0 aromatic heterocycles. The third-order valence-electron chi connectivity index (χ3n) is 6.58. The highest BCUT2D eigenvalue weighted by Gasteiger charge is 2.23. The van der Waals surface area contributed by atoms with Crippen LogP contribution in [0.1, 0.15) is 44.2 Å². The molecule has 0 spiro atoms. The van der Waals surface area contributed by atoms with E-state index in [0.29, 0.717) is 52.7 Å². The van der Waals surface area contributed by atoms with E-state index < -0.39 is 5.82 Å². The van der Waals surface area contributed by atoms with E-state index >= 15 is 8.78 Å². The van der Waals surface area contributed by atoms with Crippen molar-refractivity contribution in [1.29, 1.82) is 0 Å². The molecule has 0 unspecified atom stereocenters. The largest absolute Gasteiger partial charge is 0.507 e. The molecule has 0 amide bonds. The molecule has 162 valence electrons. The maximum Gasteiger partial charge on any atom is 0.138 e. The van der Waals surface area contributed by atoms with E-state index in [1.165, 1.54) is 25.0 Å². The molecule has 4 heteroatoms. The highest BCUT2D eigenvalue weighted by Crippen LogP contribution is 2.36. The van der Waals surface area contributed by atoms with Gasteiger partial charge in [-0.1, -0.05) is 62.7 Å². The van der Waals surface area contributed by atoms with Gasteiger partial charge >= 0.3 is 0 Å². The number of phenolic OH excluding ortho intramolecular Hbond substituents is 1. The molecule has 0 radical (unpaired) electrons. The van der Waals surface area contributed by atoms with Gasteiger partial charge in [-0.3, -0.25) is 0 Å². The fourth-order valence-electron chi connectivity index (χ4n) is 4.71. The summed E-state index contributed by atoms with van der Waals surface area (Å²) in [4.78, 5) is 0. The minimum atomic E-state index is -0.462. The molecule has 1 fully saturated rings. The van der Waals surface area contributed by atoms with Gasteiger partial charge in [-0.25, -0.2) is 8.78 Å². The van der Waals surface area contributed by atoms with Gasteiger partial charge in [0.15, 0.2) is 0 Å². The summed E-state index contributed by atoms with van der Waals surface area (Å²) in [6.45, 7) is 4.73. The Kier molecular flexibility index (Phi) is 6.38. The molecular weight excluding hydrogens is 392 g/mol. The average Bonchev–Trinajstić information content (AvgIpc) is 3.18. The summed E-state index contributed by atoms with van der Waals surface area (Å²) in [5.41, 5.74) is 3.13. The van der Waals surface area contributed by atoms with Crippen LogP contribution in [-0.4, -0.2) is 11.1 Å². The van der Waals surface area contributed by atoms with Gasteiger partial charge in [0.2, 0.25) is 0 Å². The summed E-state index contributed by atoms with van der Waals surface area (Å²) >= 11 is 0. The van der Waals surface area contributed by atoms with Gasteiger partial charge in [0.05, 0.1) is 0 Å². The molecule has 0 aliphatic heterocycles. The highest BCUT2D eigenvalue weighted by atomic mass is 19.1. The van der Waals surface area contributed by atoms with Gasteiger partial charge in [0.25, 0.3) is 0 Å². The summed E-state index contributed by atoms with van der Waals surface area (Å²) < 4.78 is 30.6. The summed E-state index contributed by atoms with van der Waals surface area (Å²) in [5, 5.41) is 13.7. The number of halogens is 2. The summed E-state index contributed by atoms with van der Waals surface area (Å²) in [5.74, 6) is -0.142. The van der Waals surface area contributed by atoms with Crippen LogP contribution in [0.5, 0.6) is 5.75 Å². The van der Waals surface area contributed by atoms with E-state index in [0.717, 1.165) is 12.0 Å². The van der Waals surface area contributed by atoms with Crippen molar-refractivity contribution in [3.8, 4) is 28.0 Å². The number of aryl methyl sites for hydroxylation is 1. The van der Waals surface area contributed by atoms with Gasteiger partial charge < -0.3 is 10.4 Å². The summed E-state index contributed by atoms with van der Waals surface area (Å²) in [6, 6.07) is 15.4. The second kappa shape index (κ2) is 9.19. The lowest BCUT2D eigenvalue weighted by atomic mass is 9.93. The van der Waals surface area contributed by atoms with Crippen molar-refractivity contribution in [3.63, 3.8) is 0 Å². The van der Waals surface area contributed by atoms with E-state index in [4.69, 9.17) is 0 Å². The van der Waals surface area contributed by atoms with Crippen LogP contribution in [0.15, 0.2) is 54.6 Å². The lowest BCUT2D eigenvalue weighted by molar-refractivity contribution is 0.420. The molecule has 2 nitrogen and oxygen atoms in total. The topological polar surface area (TPSA) is 32.3 Å². The van der Waals surface area contributed by atoms with Crippen molar-refractivity contribution in [2.24, 2.45) is 5.92 Å². The van der Waals surface area contributed by atoms with Crippen LogP contribution in [0.25, 0.3) is 22.3 Å². The molecule has 31 heavy (non-hydrogen) atoms. The normalized spacial score (nSPS) is 18.5. The third kappa shape index (κ3) is 4.35. The van der Waals surface area contributed by atoms with Gasteiger partial charge in [-0.15, -0.1) is 0 Å². The predicted molar refractivity (Wildman–Crippen MR) is 122 cm³/mol. The smallest absolute Gasteiger partial charge is 0.138 e. The van der Waals surface area contributed by atoms with Crippen LogP contribution in [0, 0.1) is 17.6 Å². The van der Waals surface area contributed by atoms with Gasteiger partial charge in [0.1, 0.15) is 17.4 Å². The number of nitrogens with one attached hydrogen (secondary N) is 1. The van der Waals surface area contributed by atoms with E-state index in [1.54, 1.807) is 36.4 Å². The number of para-hydroxylation sites is 1. The first kappa shape index (κ1) is 21.5. The lowest BCUT2D eigenvalue weighted by Gasteiger charge is -2.20. The van der Waals surface area contributed by atoms with Crippen LogP contribution in [0.2, 0.25) is 0 Å². The molecule has 1 saturated carbocycles. The van der Waals surface area contributed by atoms with Gasteiger partial charge in [0, 0.05) is 34.8 Å². The van der Waals surface area contributed by atoms with Crippen molar-refractivity contribution in [2.45, 2.75) is 52.1 Å². The van der Waals surface area contributed by atoms with Crippen LogP contribution >= 0.6 is 0 Å². The maximum absolute atomic E-state index is 15.4. The minimum absolute atomic E-state index is 0.0153. The van der Waals surface area contributed by atoms with Crippen molar-refractivity contribution in [1.82, 2.24) is 5.32 Å². The molecule has 4 rings (SSSR count). The molecule has 0 bridgehead atoms. The Morgan fingerprint density at radius 1 is 0.968 bits per heavy atom. The Morgan fingerprint density at radius 3 is 2.42 bits per heavy atom. The van der Waals surface area contributed by atoms with Crippen molar-refractivity contribution < 1.29 is 13.9 Å². The first-order valence-electron chi connectivity index (χ1n) is 11.1. The Morgan fingerprint density at radius 2 is 1.71 bits per heavy atom. The Hall–Kier alpha value is -2.72. The Bertz CT molecular complexity index is 1080. The summed E-state index contributed by atoms with van der Waals surface area (Å²) in [7, 11) is 0. The molecule has 2 atom stereocenters. The van der Waals surface area contributed by atoms with Crippen molar-refractivity contribution in [3.05, 3.63) is 77.4 Å². The Labute approximate surface area is 182 Å². The second-order valence-corrected chi connectivity index (χ2v) is 8.53. The Balaban J connectivity index is 1.68. The number of hydrogen-bond acceptors (Lipinski definition) is 2. The zero-order valence-electron chi connectivity index (χ0n) is 18.1. The van der Waals surface area contributed by atoms with Crippen molar-refractivity contribution >= 4 is 0 Å². The predicted octanol–water partition coefficient (Wildman–Crippen LogP) is 6.85. The molecule has 3 aromatic carbocycles. The maximum atomic E-state index is 15.4. The van der Waals surface area contributed by atoms with Crippen LogP contribution in [0.3, 0.4) is 0 Å². The molecular formula is C27H29F2NO. The van der Waals surface area contributed by atoms with Gasteiger partial charge in [-0.05, 0) is 48.4 Å². The minimum Gasteiger partial charge on any atom is -0.507 e. The molecule has 2 N–H and O–H groups in total. The zero-order valence-corrected chi connectivity index (χ0v) is 18.1. The van der Waals surface area contributed by atoms with Crippen LogP contribution in [-0.2, 0) is 13.0 Å². The van der Waals surface area contributed by atoms with Gasteiger partial charge in [-0.2, -0.15) is 0 Å². The van der Waals surface area contributed by atoms with Crippen LogP contribution in [0.4, 0.5) is 8.78 Å². The molecule has 1 aliphatic rings. The monoisotopic (exact) mass is 421 g/mol. The first-order chi connectivity index (χ1) is 15.0. The zero-order chi connectivity index (χ0) is 22.0. The molecule has 1 aliphatic carbocycles. The van der Waals surface area contributed by atoms with E-state index in [-0.39, 0.29) is 11.6 Å². The standard InChI is InChI=1S/C27H29F2NO/c1-3-18-14-19(15-24(28)23(18)16-30-25-12-6-8-17(25)2)20-10-7-11-22(27(20)29)21-9-4-5-13-26(21)31/h4-5,7,9-11,13-15,17,25,30-31H,3,6,8,12,16H2,1-2H3/t17-,25+/m0/s1. The van der Waals surface area contributed by atoms with Crippen LogP contribution < -0.4 is 5.32 Å². The number of aromatic hydroxyl groups is 1. The number of phenols is 1. The highest BCUT2D eigenvalue weighted by molar-refractivity contribution is 5.77. The fourth-order valence-corrected chi connectivity index (χ4v) is 4.71. The summed E-state index contributed by atoms with van der Waals surface area (Å²) in [6.07, 6.45) is 4.23. The average molecular weight is 422 g/mol. The lowest BCUT2D eigenvalue weighted by Crippen LogP contribution is -2.31. The van der Waals surface area contributed by atoms with E-state index in [1.807, 2.05) is 13.0 Å². The van der Waals surface area contributed by atoms with E-state index in [9.17, 15) is 5.11 Å². The molecule has 3 aromatic rings. The third-order valence-corrected chi connectivity index (χ3v) is 6.58. The number of rotatable bonds is 6. The number of benzene rings is 3. The quantitative estimate of drug-likeness (QED) is 0.456. The molecule has 0 heterocycles. The molecule has 0 saturated heterocycles.